The molecule has 0 bridgehead atoms. The first-order valence-electron chi connectivity index (χ1n) is 15.8. The number of phosphoric ester groups is 3. The van der Waals surface area contributed by atoms with Crippen molar-refractivity contribution in [2.75, 3.05) is 37.8 Å². The van der Waals surface area contributed by atoms with E-state index in [1.807, 2.05) is 0 Å². The number of ether oxygens (including phenoxy) is 1. The minimum absolute atomic E-state index is 0.0255. The number of aliphatic hydroxyl groups excluding tert-OH is 2. The quantitative estimate of drug-likeness (QED) is 0.0541. The maximum atomic E-state index is 12.6. The highest BCUT2D eigenvalue weighted by Crippen LogP contribution is 2.61. The van der Waals surface area contributed by atoms with Gasteiger partial charge in [-0.15, -0.1) is 0 Å². The SMILES string of the molecule is CCCC(=O)[SH](O)CCNC(=O)CCNC(=O)C(O)C(C)(C)COP(=O)(O)OP(=O)(O)OC[C@H]1O[C@@H](n2cnc3c(N)ncnc32)[C@H](O)[C@@H]1OP(=O)(O)O. The van der Waals surface area contributed by atoms with Gasteiger partial charge in [0.2, 0.25) is 11.8 Å². The second-order valence-electron chi connectivity index (χ2n) is 12.3. The molecule has 0 aromatic carbocycles. The van der Waals surface area contributed by atoms with Crippen molar-refractivity contribution in [2.45, 2.75) is 70.7 Å². The van der Waals surface area contributed by atoms with Crippen LogP contribution in [0.3, 0.4) is 0 Å². The molecule has 308 valence electrons. The number of carbonyl (C=O) groups excluding carboxylic acids is 3. The summed E-state index contributed by atoms with van der Waals surface area (Å²) < 4.78 is 71.8. The molecule has 1 fully saturated rings. The number of aliphatic hydroxyl groups is 2. The third kappa shape index (κ3) is 13.3. The third-order valence-electron chi connectivity index (χ3n) is 7.48. The maximum absolute atomic E-state index is 12.6. The molecular weight excluding hydrogens is 811 g/mol. The van der Waals surface area contributed by atoms with Gasteiger partial charge in [0, 0.05) is 37.1 Å². The Hall–Kier alpha value is -2.48. The highest BCUT2D eigenvalue weighted by molar-refractivity contribution is 8.25. The van der Waals surface area contributed by atoms with Gasteiger partial charge in [-0.25, -0.2) is 28.6 Å². The summed E-state index contributed by atoms with van der Waals surface area (Å²) in [5, 5.41) is 25.9. The Morgan fingerprint density at radius 3 is 2.37 bits per heavy atom. The van der Waals surface area contributed by atoms with Gasteiger partial charge in [-0.05, 0) is 6.42 Å². The highest BCUT2D eigenvalue weighted by atomic mass is 32.2. The van der Waals surface area contributed by atoms with Gasteiger partial charge >= 0.3 is 23.5 Å². The molecule has 4 unspecified atom stereocenters. The van der Waals surface area contributed by atoms with E-state index in [1.54, 1.807) is 6.92 Å². The number of nitrogens with one attached hydrogen (secondary N) is 2. The standard InChI is InChI=1S/C25H44N7O18P3S/c1-4-5-16(34)54(45)9-8-27-15(33)6-7-28-23(37)20(36)25(2,3)11-47-53(43,44)50-52(41,42)46-10-14-19(49-51(38,39)40)18(35)24(48-14)32-13-31-17-21(26)29-12-30-22(17)32/h12-14,18-20,24,35-36,45,54H,4-11H2,1-3H3,(H,27,33)(H,28,37)(H,41,42)(H,43,44)(H2,26,29,30)(H2,38,39,40)/t14-,18-,19-,20?,24-/m1/s1. The molecule has 0 aliphatic carbocycles. The smallest absolute Gasteiger partial charge is 0.386 e. The molecule has 0 radical (unpaired) electrons. The Kier molecular flexibility index (Phi) is 16.2. The van der Waals surface area contributed by atoms with E-state index in [0.717, 1.165) is 17.2 Å². The Bertz CT molecular complexity index is 1780. The van der Waals surface area contributed by atoms with E-state index in [1.165, 1.54) is 13.8 Å². The van der Waals surface area contributed by atoms with Gasteiger partial charge in [0.15, 0.2) is 22.8 Å². The van der Waals surface area contributed by atoms with Crippen molar-refractivity contribution in [3.63, 3.8) is 0 Å². The van der Waals surface area contributed by atoms with Gasteiger partial charge in [0.05, 0.1) is 19.5 Å². The Labute approximate surface area is 309 Å². The zero-order chi connectivity index (χ0) is 40.6. The molecule has 1 aliphatic rings. The van der Waals surface area contributed by atoms with Crippen molar-refractivity contribution in [1.82, 2.24) is 30.2 Å². The molecule has 11 N–H and O–H groups in total. The topological polar surface area (TPSA) is 384 Å². The van der Waals surface area contributed by atoms with Crippen molar-refractivity contribution in [1.29, 1.82) is 0 Å². The first-order chi connectivity index (χ1) is 25.0. The molecule has 2 aromatic heterocycles. The molecule has 25 nitrogen and oxygen atoms in total. The molecule has 2 aromatic rings. The van der Waals surface area contributed by atoms with E-state index in [2.05, 4.69) is 34.4 Å². The maximum Gasteiger partial charge on any atom is 0.481 e. The average molecular weight is 856 g/mol. The molecule has 3 heterocycles. The van der Waals surface area contributed by atoms with Crippen molar-refractivity contribution in [3.05, 3.63) is 12.7 Å². The van der Waals surface area contributed by atoms with Crippen LogP contribution >= 0.6 is 34.6 Å². The number of nitrogens with two attached hydrogens (primary N) is 1. The van der Waals surface area contributed by atoms with Crippen molar-refractivity contribution < 1.29 is 85.0 Å². The fourth-order valence-corrected chi connectivity index (χ4v) is 8.59. The Balaban J connectivity index is 1.52. The van der Waals surface area contributed by atoms with E-state index in [-0.39, 0.29) is 53.8 Å². The number of anilines is 1. The number of phosphoric acid groups is 3. The van der Waals surface area contributed by atoms with Crippen LogP contribution in [0.4, 0.5) is 5.82 Å². The molecule has 3 rings (SSSR count). The van der Waals surface area contributed by atoms with E-state index < -0.39 is 95.7 Å². The van der Waals surface area contributed by atoms with Crippen LogP contribution in [0.1, 0.15) is 46.3 Å². The summed E-state index contributed by atoms with van der Waals surface area (Å²) in [5.41, 5.74) is 4.23. The zero-order valence-corrected chi connectivity index (χ0v) is 32.6. The first-order valence-corrected chi connectivity index (χ1v) is 21.8. The Morgan fingerprint density at radius 2 is 1.72 bits per heavy atom. The molecule has 8 atom stereocenters. The molecule has 1 saturated heterocycles. The normalized spacial score (nSPS) is 23.0. The van der Waals surface area contributed by atoms with E-state index in [9.17, 15) is 62.4 Å². The van der Waals surface area contributed by atoms with Gasteiger partial charge in [-0.1, -0.05) is 31.9 Å². The average Bonchev–Trinajstić information content (AvgIpc) is 3.62. The molecule has 2 amide bonds. The number of hydrogen-bond donors (Lipinski definition) is 11. The van der Waals surface area contributed by atoms with Gasteiger partial charge in [0.25, 0.3) is 0 Å². The fourth-order valence-electron chi connectivity index (χ4n) is 4.71. The van der Waals surface area contributed by atoms with Gasteiger partial charge < -0.3 is 55.4 Å². The number of thiol groups is 1. The van der Waals surface area contributed by atoms with Crippen molar-refractivity contribution in [2.24, 2.45) is 5.41 Å². The monoisotopic (exact) mass is 855 g/mol. The first kappa shape index (κ1) is 45.9. The number of rotatable bonds is 21. The van der Waals surface area contributed by atoms with Crippen LogP contribution < -0.4 is 16.4 Å². The van der Waals surface area contributed by atoms with Crippen LogP contribution in [-0.4, -0.2) is 127 Å². The van der Waals surface area contributed by atoms with Crippen LogP contribution in [-0.2, 0) is 50.7 Å². The molecule has 0 saturated carbocycles. The Morgan fingerprint density at radius 1 is 1.06 bits per heavy atom. The molecular formula is C25H44N7O18P3S. The summed E-state index contributed by atoms with van der Waals surface area (Å²) in [6.45, 7) is 2.01. The third-order valence-corrected chi connectivity index (χ3v) is 12.0. The molecule has 0 spiro atoms. The summed E-state index contributed by atoms with van der Waals surface area (Å²) in [6, 6.07) is 0. The number of nitrogen functional groups attached to an aromatic ring is 1. The highest BCUT2D eigenvalue weighted by Gasteiger charge is 2.50. The minimum Gasteiger partial charge on any atom is -0.386 e. The lowest BCUT2D eigenvalue weighted by Gasteiger charge is -2.30. The number of carbonyl (C=O) groups is 3. The lowest BCUT2D eigenvalue weighted by Crippen LogP contribution is -2.46. The minimum atomic E-state index is -5.58. The summed E-state index contributed by atoms with van der Waals surface area (Å²) in [6.07, 6.45) is -6.20. The molecule has 54 heavy (non-hydrogen) atoms. The lowest BCUT2D eigenvalue weighted by molar-refractivity contribution is -0.137. The van der Waals surface area contributed by atoms with Crippen LogP contribution in [0.2, 0.25) is 0 Å². The van der Waals surface area contributed by atoms with Gasteiger partial charge in [-0.2, -0.15) is 4.31 Å². The predicted molar refractivity (Wildman–Crippen MR) is 186 cm³/mol. The zero-order valence-electron chi connectivity index (χ0n) is 29.0. The van der Waals surface area contributed by atoms with Crippen molar-refractivity contribution in [3.8, 4) is 0 Å². The van der Waals surface area contributed by atoms with Crippen LogP contribution in [0, 0.1) is 5.41 Å². The van der Waals surface area contributed by atoms with Crippen LogP contribution in [0.25, 0.3) is 11.2 Å². The second-order valence-corrected chi connectivity index (χ2v) is 18.3. The number of fused-ring (bicyclic) bond motifs is 1. The van der Waals surface area contributed by atoms with Crippen molar-refractivity contribution >= 4 is 68.6 Å². The summed E-state index contributed by atoms with van der Waals surface area (Å²) in [7, 11) is -16.4. The largest absolute Gasteiger partial charge is 0.481 e. The van der Waals surface area contributed by atoms with Crippen LogP contribution in [0.15, 0.2) is 12.7 Å². The lowest BCUT2D eigenvalue weighted by atomic mass is 9.87. The summed E-state index contributed by atoms with van der Waals surface area (Å²) >= 11 is -1.87. The number of hydrogen-bond acceptors (Lipinski definition) is 18. The number of nitrogens with zero attached hydrogens (tertiary/aromatic N) is 4. The number of aromatic nitrogens is 4. The van der Waals surface area contributed by atoms with E-state index >= 15 is 0 Å². The molecule has 1 aliphatic heterocycles. The molecule has 29 heteroatoms. The van der Waals surface area contributed by atoms with Gasteiger partial charge in [-0.3, -0.25) is 32.5 Å². The van der Waals surface area contributed by atoms with E-state index in [4.69, 9.17) is 19.5 Å². The van der Waals surface area contributed by atoms with Gasteiger partial charge in [0.1, 0.15) is 36.3 Å². The summed E-state index contributed by atoms with van der Waals surface area (Å²) in [5.74, 6) is -1.49. The predicted octanol–water partition coefficient (Wildman–Crippen LogP) is -0.794. The number of imidazole rings is 1. The van der Waals surface area contributed by atoms with Crippen LogP contribution in [0.5, 0.6) is 0 Å². The fraction of sp³-hybridized carbons (Fsp3) is 0.680. The second kappa shape index (κ2) is 19.1. The number of amides is 2. The summed E-state index contributed by atoms with van der Waals surface area (Å²) in [4.78, 5) is 87.0. The van der Waals surface area contributed by atoms with E-state index in [0.29, 0.717) is 6.42 Å².